The number of likely N-dealkylation sites (tertiary alicyclic amines) is 1. The zero-order valence-corrected chi connectivity index (χ0v) is 16.6. The maximum absolute atomic E-state index is 13.0. The van der Waals surface area contributed by atoms with Gasteiger partial charge in [0.05, 0.1) is 10.9 Å². The predicted molar refractivity (Wildman–Crippen MR) is 106 cm³/mol. The van der Waals surface area contributed by atoms with Crippen molar-refractivity contribution in [3.05, 3.63) is 41.9 Å². The number of nitrogens with zero attached hydrogens (tertiary/aromatic N) is 2. The second-order valence-corrected chi connectivity index (χ2v) is 8.76. The van der Waals surface area contributed by atoms with Crippen LogP contribution in [0.25, 0.3) is 16.6 Å². The number of fused-ring (bicyclic) bond motifs is 3. The molecule has 0 radical (unpaired) electrons. The molecule has 1 amide bonds. The first kappa shape index (κ1) is 16.9. The molecule has 0 spiro atoms. The molecule has 3 aromatic rings. The number of rotatable bonds is 1. The highest BCUT2D eigenvalue weighted by Gasteiger charge is 2.23. The lowest BCUT2D eigenvalue weighted by molar-refractivity contribution is 0.0768. The van der Waals surface area contributed by atoms with Crippen LogP contribution >= 0.6 is 39.5 Å². The summed E-state index contributed by atoms with van der Waals surface area (Å²) in [6.07, 6.45) is 4.37. The van der Waals surface area contributed by atoms with E-state index in [0.717, 1.165) is 48.8 Å². The van der Waals surface area contributed by atoms with Crippen LogP contribution in [0.2, 0.25) is 0 Å². The van der Waals surface area contributed by atoms with Gasteiger partial charge in [-0.3, -0.25) is 14.0 Å². The van der Waals surface area contributed by atoms with Gasteiger partial charge in [-0.05, 0) is 43.3 Å². The Bertz CT molecular complexity index is 1090. The second kappa shape index (κ2) is 6.66. The van der Waals surface area contributed by atoms with Crippen molar-refractivity contribution < 1.29 is 4.79 Å². The van der Waals surface area contributed by atoms with Crippen molar-refractivity contribution in [3.8, 4) is 0 Å². The second-order valence-electron chi connectivity index (χ2n) is 6.20. The van der Waals surface area contributed by atoms with Crippen LogP contribution in [0.5, 0.6) is 0 Å². The molecule has 5 nitrogen and oxygen atoms in total. The van der Waals surface area contributed by atoms with E-state index in [1.165, 1.54) is 11.3 Å². The predicted octanol–water partition coefficient (Wildman–Crippen LogP) is 4.35. The van der Waals surface area contributed by atoms with Crippen molar-refractivity contribution >= 4 is 61.9 Å². The molecule has 0 aliphatic carbocycles. The Morgan fingerprint density at radius 3 is 2.64 bits per heavy atom. The quantitative estimate of drug-likeness (QED) is 0.575. The largest absolute Gasteiger partial charge is 0.338 e. The number of aromatic nitrogens is 2. The molecule has 0 atom stereocenters. The number of H-pyrrole nitrogens is 1. The third-order valence-electron chi connectivity index (χ3n) is 4.57. The van der Waals surface area contributed by atoms with E-state index in [2.05, 4.69) is 20.9 Å². The van der Waals surface area contributed by atoms with Crippen LogP contribution in [0, 0.1) is 3.95 Å². The number of nitrogens with one attached hydrogen (secondary N) is 1. The van der Waals surface area contributed by atoms with Gasteiger partial charge in [0.25, 0.3) is 11.5 Å². The number of carbonyl (C=O) groups excluding carboxylic acids is 1. The maximum atomic E-state index is 13.0. The molecule has 4 rings (SSSR count). The molecule has 1 aliphatic heterocycles. The maximum Gasteiger partial charge on any atom is 0.267 e. The number of hydrogen-bond acceptors (Lipinski definition) is 4. The van der Waals surface area contributed by atoms with Gasteiger partial charge in [-0.25, -0.2) is 0 Å². The molecule has 8 heteroatoms. The van der Waals surface area contributed by atoms with Crippen LogP contribution in [0.15, 0.2) is 27.5 Å². The van der Waals surface area contributed by atoms with Gasteiger partial charge in [0.1, 0.15) is 10.5 Å². The first-order chi connectivity index (χ1) is 12.1. The number of aromatic amines is 1. The first-order valence-corrected chi connectivity index (χ1v) is 10.2. The van der Waals surface area contributed by atoms with E-state index in [4.69, 9.17) is 12.2 Å². The molecule has 1 saturated heterocycles. The van der Waals surface area contributed by atoms with Crippen LogP contribution in [0.1, 0.15) is 35.4 Å². The molecule has 3 heterocycles. The molecule has 1 N–H and O–H groups in total. The molecule has 0 unspecified atom stereocenters. The minimum Gasteiger partial charge on any atom is -0.338 e. The van der Waals surface area contributed by atoms with Crippen molar-refractivity contribution in [2.75, 3.05) is 13.1 Å². The summed E-state index contributed by atoms with van der Waals surface area (Å²) in [4.78, 5) is 30.8. The number of carbonyl (C=O) groups is 1. The lowest BCUT2D eigenvalue weighted by Crippen LogP contribution is -2.31. The summed E-state index contributed by atoms with van der Waals surface area (Å²) >= 11 is 10.2. The Hall–Kier alpha value is -1.51. The fourth-order valence-corrected chi connectivity index (χ4v) is 5.04. The number of thiazole rings is 1. The number of halogens is 1. The normalized spacial score (nSPS) is 15.6. The molecule has 0 bridgehead atoms. The molecule has 25 heavy (non-hydrogen) atoms. The van der Waals surface area contributed by atoms with Crippen molar-refractivity contribution in [1.82, 2.24) is 14.3 Å². The summed E-state index contributed by atoms with van der Waals surface area (Å²) in [5, 5.41) is 0.546. The van der Waals surface area contributed by atoms with E-state index in [1.54, 1.807) is 10.5 Å². The molecule has 130 valence electrons. The van der Waals surface area contributed by atoms with Crippen molar-refractivity contribution in [3.63, 3.8) is 0 Å². The highest BCUT2D eigenvalue weighted by atomic mass is 79.9. The van der Waals surface area contributed by atoms with Crippen LogP contribution in [0.4, 0.5) is 0 Å². The number of hydrogen-bond donors (Lipinski definition) is 1. The van der Waals surface area contributed by atoms with Gasteiger partial charge >= 0.3 is 0 Å². The lowest BCUT2D eigenvalue weighted by atomic mass is 10.2. The third-order valence-corrected chi connectivity index (χ3v) is 6.43. The lowest BCUT2D eigenvalue weighted by Gasteiger charge is -2.19. The zero-order chi connectivity index (χ0) is 17.6. The summed E-state index contributed by atoms with van der Waals surface area (Å²) in [5.74, 6) is -0.0346. The van der Waals surface area contributed by atoms with E-state index < -0.39 is 0 Å². The number of benzene rings is 1. The Morgan fingerprint density at radius 1 is 1.20 bits per heavy atom. The first-order valence-electron chi connectivity index (χ1n) is 8.22. The molecule has 1 aliphatic rings. The zero-order valence-electron chi connectivity index (χ0n) is 13.4. The third kappa shape index (κ3) is 2.96. The van der Waals surface area contributed by atoms with E-state index >= 15 is 0 Å². The fourth-order valence-electron chi connectivity index (χ4n) is 3.33. The molecule has 0 saturated carbocycles. The molecular weight excluding hydrogens is 422 g/mol. The minimum absolute atomic E-state index is 0.0346. The van der Waals surface area contributed by atoms with Crippen LogP contribution in [-0.2, 0) is 0 Å². The fraction of sp³-hybridized carbons (Fsp3) is 0.353. The summed E-state index contributed by atoms with van der Waals surface area (Å²) in [6, 6.07) is 5.49. The van der Waals surface area contributed by atoms with Crippen molar-refractivity contribution in [1.29, 1.82) is 0 Å². The Balaban J connectivity index is 1.93. The summed E-state index contributed by atoms with van der Waals surface area (Å²) in [6.45, 7) is 1.53. The average molecular weight is 438 g/mol. The summed E-state index contributed by atoms with van der Waals surface area (Å²) in [7, 11) is 0. The van der Waals surface area contributed by atoms with Crippen molar-refractivity contribution in [2.24, 2.45) is 0 Å². The van der Waals surface area contributed by atoms with E-state index in [-0.39, 0.29) is 11.5 Å². The average Bonchev–Trinajstić information content (AvgIpc) is 2.78. The van der Waals surface area contributed by atoms with Gasteiger partial charge < -0.3 is 9.88 Å². The monoisotopic (exact) mass is 437 g/mol. The van der Waals surface area contributed by atoms with Crippen LogP contribution in [0.3, 0.4) is 0 Å². The van der Waals surface area contributed by atoms with E-state index in [1.807, 2.05) is 17.0 Å². The summed E-state index contributed by atoms with van der Waals surface area (Å²) < 4.78 is 3.19. The Kier molecular flexibility index (Phi) is 4.51. The highest BCUT2D eigenvalue weighted by Crippen LogP contribution is 2.26. The van der Waals surface area contributed by atoms with Gasteiger partial charge in [-0.15, -0.1) is 0 Å². The van der Waals surface area contributed by atoms with Crippen molar-refractivity contribution in [2.45, 2.75) is 25.7 Å². The van der Waals surface area contributed by atoms with Gasteiger partial charge in [0.15, 0.2) is 3.95 Å². The van der Waals surface area contributed by atoms with Crippen LogP contribution in [-0.4, -0.2) is 33.3 Å². The van der Waals surface area contributed by atoms with Gasteiger partial charge in [0.2, 0.25) is 0 Å². The van der Waals surface area contributed by atoms with E-state index in [0.29, 0.717) is 19.9 Å². The van der Waals surface area contributed by atoms with Crippen LogP contribution < -0.4 is 5.56 Å². The number of amides is 1. The van der Waals surface area contributed by atoms with Gasteiger partial charge in [-0.1, -0.05) is 40.1 Å². The Labute approximate surface area is 161 Å². The molecule has 1 aromatic carbocycles. The minimum atomic E-state index is -0.214. The molecule has 1 fully saturated rings. The molecule has 2 aromatic heterocycles. The summed E-state index contributed by atoms with van der Waals surface area (Å²) in [5.41, 5.74) is 1.01. The van der Waals surface area contributed by atoms with Gasteiger partial charge in [0, 0.05) is 17.6 Å². The highest BCUT2D eigenvalue weighted by molar-refractivity contribution is 9.10. The standard InChI is InChI=1S/C17H16BrN3O2S2/c18-10-5-6-12-11(9-10)15(22)19-14-13(25-17(24)21(12)14)16(23)20-7-3-1-2-4-8-20/h5-6,9H,1-4,7-8H2,(H,19,22). The smallest absolute Gasteiger partial charge is 0.267 e. The molecular formula is C17H16BrN3O2S2. The topological polar surface area (TPSA) is 57.6 Å². The Morgan fingerprint density at radius 2 is 1.92 bits per heavy atom. The van der Waals surface area contributed by atoms with Gasteiger partial charge in [-0.2, -0.15) is 0 Å². The SMILES string of the molecule is O=C(c1sc(=S)n2c1[nH]c(=O)c1cc(Br)ccc12)N1CCCCCC1. The van der Waals surface area contributed by atoms with E-state index in [9.17, 15) is 9.59 Å².